The van der Waals surface area contributed by atoms with Crippen molar-refractivity contribution in [3.8, 4) is 11.8 Å². The summed E-state index contributed by atoms with van der Waals surface area (Å²) in [5, 5.41) is 10.3. The number of benzene rings is 1. The Morgan fingerprint density at radius 3 is 2.44 bits per heavy atom. The molecule has 25 heavy (non-hydrogen) atoms. The van der Waals surface area contributed by atoms with E-state index in [0.29, 0.717) is 13.2 Å². The van der Waals surface area contributed by atoms with E-state index in [1.807, 2.05) is 44.2 Å². The molecule has 0 saturated carbocycles. The first-order valence-electron chi connectivity index (χ1n) is 8.67. The molecule has 0 amide bonds. The molecule has 0 saturated heterocycles. The molecule has 1 aromatic rings. The third-order valence-electron chi connectivity index (χ3n) is 3.81. The van der Waals surface area contributed by atoms with Crippen LogP contribution < -0.4 is 0 Å². The number of rotatable bonds is 7. The fourth-order valence-electron chi connectivity index (χ4n) is 2.13. The van der Waals surface area contributed by atoms with Gasteiger partial charge in [0.1, 0.15) is 0 Å². The van der Waals surface area contributed by atoms with Gasteiger partial charge in [-0.05, 0) is 33.3 Å². The predicted octanol–water partition coefficient (Wildman–Crippen LogP) is 3.43. The van der Waals surface area contributed by atoms with E-state index < -0.39 is 11.5 Å². The Hall–Kier alpha value is -1.83. The second kappa shape index (κ2) is 10.2. The monoisotopic (exact) mass is 346 g/mol. The average Bonchev–Trinajstić information content (AvgIpc) is 2.57. The van der Waals surface area contributed by atoms with Gasteiger partial charge in [-0.3, -0.25) is 4.79 Å². The van der Waals surface area contributed by atoms with Gasteiger partial charge in [-0.2, -0.15) is 0 Å². The standard InChI is InChI=1S/C21H30O4/c1-16(10-9-13-25-20(23)21(3,4)5)19(22)17(2)14-24-15-18-11-7-6-8-12-18/h6-8,11-12,16-17,19,22H,13-15H2,1-5H3/t16-,17+,19-/m0/s1. The van der Waals surface area contributed by atoms with Crippen molar-refractivity contribution in [3.05, 3.63) is 35.9 Å². The number of hydrogen-bond donors (Lipinski definition) is 1. The lowest BCUT2D eigenvalue weighted by Gasteiger charge is -2.21. The van der Waals surface area contributed by atoms with Crippen molar-refractivity contribution >= 4 is 5.97 Å². The number of ether oxygens (including phenoxy) is 2. The molecule has 0 fully saturated rings. The van der Waals surface area contributed by atoms with Gasteiger partial charge in [-0.15, -0.1) is 0 Å². The van der Waals surface area contributed by atoms with E-state index in [9.17, 15) is 9.90 Å². The minimum Gasteiger partial charge on any atom is -0.452 e. The molecule has 138 valence electrons. The quantitative estimate of drug-likeness (QED) is 0.607. The largest absolute Gasteiger partial charge is 0.452 e. The van der Waals surface area contributed by atoms with Crippen molar-refractivity contribution < 1.29 is 19.4 Å². The molecule has 4 nitrogen and oxygen atoms in total. The van der Waals surface area contributed by atoms with Gasteiger partial charge in [0.05, 0.1) is 24.7 Å². The first kappa shape index (κ1) is 21.2. The first-order chi connectivity index (χ1) is 11.7. The van der Waals surface area contributed by atoms with Gasteiger partial charge in [0.2, 0.25) is 0 Å². The Bertz CT molecular complexity index is 577. The molecule has 4 heteroatoms. The van der Waals surface area contributed by atoms with Crippen LogP contribution in [0.2, 0.25) is 0 Å². The van der Waals surface area contributed by atoms with Crippen molar-refractivity contribution in [1.29, 1.82) is 0 Å². The van der Waals surface area contributed by atoms with E-state index in [4.69, 9.17) is 9.47 Å². The number of carbonyl (C=O) groups excluding carboxylic acids is 1. The SMILES string of the molecule is C[C@H](COCc1ccccc1)[C@@H](O)[C@@H](C)C#CCOC(=O)C(C)(C)C. The molecule has 1 aromatic carbocycles. The van der Waals surface area contributed by atoms with Gasteiger partial charge in [-0.1, -0.05) is 49.1 Å². The highest BCUT2D eigenvalue weighted by molar-refractivity contribution is 5.75. The smallest absolute Gasteiger partial charge is 0.312 e. The molecule has 1 N–H and O–H groups in total. The van der Waals surface area contributed by atoms with Gasteiger partial charge in [-0.25, -0.2) is 0 Å². The maximum atomic E-state index is 11.6. The molecule has 0 unspecified atom stereocenters. The second-order valence-corrected chi connectivity index (χ2v) is 7.40. The van der Waals surface area contributed by atoms with E-state index in [1.165, 1.54) is 0 Å². The number of esters is 1. The van der Waals surface area contributed by atoms with E-state index in [1.54, 1.807) is 20.8 Å². The third-order valence-corrected chi connectivity index (χ3v) is 3.81. The zero-order valence-electron chi connectivity index (χ0n) is 15.9. The lowest BCUT2D eigenvalue weighted by molar-refractivity contribution is -0.151. The number of aliphatic hydroxyl groups is 1. The molecule has 0 heterocycles. The van der Waals surface area contributed by atoms with Crippen LogP contribution in [0.1, 0.15) is 40.2 Å². The van der Waals surface area contributed by atoms with Crippen molar-refractivity contribution in [3.63, 3.8) is 0 Å². The van der Waals surface area contributed by atoms with Crippen molar-refractivity contribution in [2.24, 2.45) is 17.3 Å². The van der Waals surface area contributed by atoms with E-state index in [0.717, 1.165) is 5.56 Å². The van der Waals surface area contributed by atoms with E-state index in [2.05, 4.69) is 11.8 Å². The zero-order chi connectivity index (χ0) is 18.9. The molecule has 0 spiro atoms. The first-order valence-corrected chi connectivity index (χ1v) is 8.67. The van der Waals surface area contributed by atoms with Gasteiger partial charge in [0.25, 0.3) is 0 Å². The Morgan fingerprint density at radius 1 is 1.20 bits per heavy atom. The molecule has 0 bridgehead atoms. The summed E-state index contributed by atoms with van der Waals surface area (Å²) in [6, 6.07) is 9.93. The summed E-state index contributed by atoms with van der Waals surface area (Å²) in [6.45, 7) is 10.2. The Balaban J connectivity index is 2.33. The summed E-state index contributed by atoms with van der Waals surface area (Å²) < 4.78 is 10.8. The van der Waals surface area contributed by atoms with Crippen LogP contribution in [0.25, 0.3) is 0 Å². The highest BCUT2D eigenvalue weighted by Gasteiger charge is 2.23. The van der Waals surface area contributed by atoms with Gasteiger partial charge < -0.3 is 14.6 Å². The maximum Gasteiger partial charge on any atom is 0.312 e. The summed E-state index contributed by atoms with van der Waals surface area (Å²) >= 11 is 0. The Labute approximate surface area is 151 Å². The molecule has 3 atom stereocenters. The fraction of sp³-hybridized carbons (Fsp3) is 0.571. The third kappa shape index (κ3) is 8.20. The highest BCUT2D eigenvalue weighted by atomic mass is 16.5. The molecule has 0 aliphatic carbocycles. The van der Waals surface area contributed by atoms with Crippen LogP contribution in [0.15, 0.2) is 30.3 Å². The average molecular weight is 346 g/mol. The predicted molar refractivity (Wildman–Crippen MR) is 98.6 cm³/mol. The van der Waals surface area contributed by atoms with Crippen LogP contribution in [0, 0.1) is 29.1 Å². The molecule has 0 radical (unpaired) electrons. The van der Waals surface area contributed by atoms with Crippen LogP contribution in [0.5, 0.6) is 0 Å². The van der Waals surface area contributed by atoms with Crippen LogP contribution >= 0.6 is 0 Å². The van der Waals surface area contributed by atoms with E-state index in [-0.39, 0.29) is 24.4 Å². The van der Waals surface area contributed by atoms with Crippen LogP contribution in [0.4, 0.5) is 0 Å². The maximum absolute atomic E-state index is 11.6. The van der Waals surface area contributed by atoms with Crippen LogP contribution in [0.3, 0.4) is 0 Å². The van der Waals surface area contributed by atoms with Gasteiger partial charge in [0, 0.05) is 11.8 Å². The molecule has 0 aromatic heterocycles. The van der Waals surface area contributed by atoms with Crippen LogP contribution in [-0.4, -0.2) is 30.4 Å². The molecule has 0 aliphatic heterocycles. The summed E-state index contributed by atoms with van der Waals surface area (Å²) in [4.78, 5) is 11.6. The molecular weight excluding hydrogens is 316 g/mol. The second-order valence-electron chi connectivity index (χ2n) is 7.40. The lowest BCUT2D eigenvalue weighted by atomic mass is 9.94. The normalized spacial score (nSPS) is 14.8. The molecule has 0 aliphatic rings. The highest BCUT2D eigenvalue weighted by Crippen LogP contribution is 2.15. The van der Waals surface area contributed by atoms with Gasteiger partial charge in [0.15, 0.2) is 6.61 Å². The summed E-state index contributed by atoms with van der Waals surface area (Å²) in [5.74, 6) is 5.22. The molecule has 1 rings (SSSR count). The fourth-order valence-corrected chi connectivity index (χ4v) is 2.13. The summed E-state index contributed by atoms with van der Waals surface area (Å²) in [7, 11) is 0. The van der Waals surface area contributed by atoms with Crippen molar-refractivity contribution in [1.82, 2.24) is 0 Å². The topological polar surface area (TPSA) is 55.8 Å². The van der Waals surface area contributed by atoms with Crippen molar-refractivity contribution in [2.45, 2.75) is 47.3 Å². The summed E-state index contributed by atoms with van der Waals surface area (Å²) in [6.07, 6.45) is -0.596. The van der Waals surface area contributed by atoms with Crippen LogP contribution in [-0.2, 0) is 20.9 Å². The number of hydrogen-bond acceptors (Lipinski definition) is 4. The minimum atomic E-state index is -0.596. The number of aliphatic hydroxyl groups excluding tert-OH is 1. The number of carbonyl (C=O) groups is 1. The summed E-state index contributed by atoms with van der Waals surface area (Å²) in [5.41, 5.74) is 0.579. The zero-order valence-corrected chi connectivity index (χ0v) is 15.9. The van der Waals surface area contributed by atoms with Crippen molar-refractivity contribution in [2.75, 3.05) is 13.2 Å². The Morgan fingerprint density at radius 2 is 1.84 bits per heavy atom. The lowest BCUT2D eigenvalue weighted by Crippen LogP contribution is -2.28. The molecular formula is C21H30O4. The van der Waals surface area contributed by atoms with E-state index >= 15 is 0 Å². The minimum absolute atomic E-state index is 0.0369. The van der Waals surface area contributed by atoms with Gasteiger partial charge >= 0.3 is 5.97 Å². The Kier molecular flexibility index (Phi) is 8.68.